The lowest BCUT2D eigenvalue weighted by Crippen LogP contribution is -2.28. The van der Waals surface area contributed by atoms with E-state index in [1.807, 2.05) is 0 Å². The summed E-state index contributed by atoms with van der Waals surface area (Å²) in [5, 5.41) is 17.7. The Labute approximate surface area is 60.3 Å². The zero-order valence-electron chi connectivity index (χ0n) is 5.03. The molecule has 0 aliphatic heterocycles. The monoisotopic (exact) mass is 153 g/mol. The average Bonchev–Trinajstić information content (AvgIpc) is 1.85. The van der Waals surface area contributed by atoms with Gasteiger partial charge in [-0.25, -0.2) is 0 Å². The quantitative estimate of drug-likeness (QED) is 0.429. The lowest BCUT2D eigenvalue weighted by Gasteiger charge is -2.04. The largest absolute Gasteiger partial charge is 0.393 e. The molecule has 1 saturated carbocycles. The number of hydrogen-bond donors (Lipinski definition) is 3. The number of aliphatic hydroxyl groups excluding tert-OH is 2. The molecule has 4 heteroatoms. The third-order valence-corrected chi connectivity index (χ3v) is 1.55. The van der Waals surface area contributed by atoms with Crippen LogP contribution in [0.25, 0.3) is 0 Å². The minimum absolute atomic E-state index is 0. The van der Waals surface area contributed by atoms with Gasteiger partial charge in [-0.05, 0) is 6.42 Å². The van der Waals surface area contributed by atoms with Crippen LogP contribution in [0.2, 0.25) is 0 Å². The van der Waals surface area contributed by atoms with Gasteiger partial charge in [-0.3, -0.25) is 0 Å². The fourth-order valence-corrected chi connectivity index (χ4v) is 1.02. The summed E-state index contributed by atoms with van der Waals surface area (Å²) in [6.07, 6.45) is 0.132. The van der Waals surface area contributed by atoms with Crippen LogP contribution in [0.3, 0.4) is 0 Å². The molecular weight excluding hydrogens is 142 g/mol. The molecule has 0 aromatic carbocycles. The molecular formula is C5H12ClNO2. The van der Waals surface area contributed by atoms with Gasteiger partial charge in [0.25, 0.3) is 0 Å². The van der Waals surface area contributed by atoms with Crippen LogP contribution >= 0.6 is 12.4 Å². The highest BCUT2D eigenvalue weighted by Gasteiger charge is 2.28. The van der Waals surface area contributed by atoms with Crippen LogP contribution in [0.4, 0.5) is 0 Å². The standard InChI is InChI=1S/C5H11NO2.ClH/c6-4-1-3(7)2-5(4)8;/h3-5,7-8H,1-2,6H2;1H/t3-,4+,5+;/m1./s1. The van der Waals surface area contributed by atoms with Crippen molar-refractivity contribution >= 4 is 12.4 Å². The fourth-order valence-electron chi connectivity index (χ4n) is 1.02. The predicted octanol–water partition coefficient (Wildman–Crippen LogP) is -0.749. The van der Waals surface area contributed by atoms with E-state index in [-0.39, 0.29) is 24.6 Å². The molecule has 1 aliphatic carbocycles. The Morgan fingerprint density at radius 3 is 1.89 bits per heavy atom. The van der Waals surface area contributed by atoms with Crippen molar-refractivity contribution in [2.45, 2.75) is 31.1 Å². The second kappa shape index (κ2) is 3.37. The zero-order chi connectivity index (χ0) is 6.15. The first-order chi connectivity index (χ1) is 3.70. The SMILES string of the molecule is Cl.N[C@H]1C[C@@H](O)C[C@@H]1O. The van der Waals surface area contributed by atoms with Gasteiger partial charge in [0.05, 0.1) is 12.2 Å². The van der Waals surface area contributed by atoms with Crippen molar-refractivity contribution in [2.75, 3.05) is 0 Å². The molecule has 1 fully saturated rings. The van der Waals surface area contributed by atoms with Gasteiger partial charge in [0, 0.05) is 12.5 Å². The molecule has 0 heterocycles. The van der Waals surface area contributed by atoms with Gasteiger partial charge >= 0.3 is 0 Å². The summed E-state index contributed by atoms with van der Waals surface area (Å²) in [7, 11) is 0. The number of hydrogen-bond acceptors (Lipinski definition) is 3. The van der Waals surface area contributed by atoms with E-state index >= 15 is 0 Å². The van der Waals surface area contributed by atoms with Crippen LogP contribution in [0.1, 0.15) is 12.8 Å². The van der Waals surface area contributed by atoms with Crippen molar-refractivity contribution in [3.8, 4) is 0 Å². The lowest BCUT2D eigenvalue weighted by atomic mass is 10.2. The van der Waals surface area contributed by atoms with Gasteiger partial charge < -0.3 is 15.9 Å². The molecule has 0 aromatic heterocycles. The number of aliphatic hydroxyl groups is 2. The van der Waals surface area contributed by atoms with E-state index in [4.69, 9.17) is 15.9 Å². The van der Waals surface area contributed by atoms with Gasteiger partial charge in [-0.15, -0.1) is 12.4 Å². The molecule has 1 rings (SSSR count). The van der Waals surface area contributed by atoms with E-state index in [9.17, 15) is 0 Å². The maximum absolute atomic E-state index is 8.88. The van der Waals surface area contributed by atoms with E-state index in [1.165, 1.54) is 0 Å². The summed E-state index contributed by atoms with van der Waals surface area (Å²) >= 11 is 0. The molecule has 3 atom stereocenters. The van der Waals surface area contributed by atoms with Gasteiger partial charge in [0.2, 0.25) is 0 Å². The minimum atomic E-state index is -0.481. The third-order valence-electron chi connectivity index (χ3n) is 1.55. The maximum Gasteiger partial charge on any atom is 0.0716 e. The maximum atomic E-state index is 8.88. The molecule has 4 N–H and O–H groups in total. The Morgan fingerprint density at radius 1 is 1.22 bits per heavy atom. The molecule has 56 valence electrons. The molecule has 0 spiro atoms. The van der Waals surface area contributed by atoms with Crippen molar-refractivity contribution in [3.05, 3.63) is 0 Å². The minimum Gasteiger partial charge on any atom is -0.393 e. The molecule has 0 unspecified atom stereocenters. The van der Waals surface area contributed by atoms with Crippen molar-refractivity contribution in [1.29, 1.82) is 0 Å². The van der Waals surface area contributed by atoms with Crippen molar-refractivity contribution in [3.63, 3.8) is 0 Å². The van der Waals surface area contributed by atoms with Crippen LogP contribution in [-0.2, 0) is 0 Å². The van der Waals surface area contributed by atoms with E-state index in [2.05, 4.69) is 0 Å². The van der Waals surface area contributed by atoms with Gasteiger partial charge in [0.1, 0.15) is 0 Å². The van der Waals surface area contributed by atoms with Gasteiger partial charge in [-0.1, -0.05) is 0 Å². The summed E-state index contributed by atoms with van der Waals surface area (Å²) in [5.74, 6) is 0. The molecule has 9 heavy (non-hydrogen) atoms. The van der Waals surface area contributed by atoms with Crippen molar-refractivity contribution in [2.24, 2.45) is 5.73 Å². The molecule has 3 nitrogen and oxygen atoms in total. The van der Waals surface area contributed by atoms with Gasteiger partial charge in [-0.2, -0.15) is 0 Å². The fraction of sp³-hybridized carbons (Fsp3) is 1.00. The summed E-state index contributed by atoms with van der Waals surface area (Å²) in [4.78, 5) is 0. The molecule has 0 aromatic rings. The van der Waals surface area contributed by atoms with Gasteiger partial charge in [0.15, 0.2) is 0 Å². The molecule has 0 saturated heterocycles. The smallest absolute Gasteiger partial charge is 0.0716 e. The van der Waals surface area contributed by atoms with E-state index < -0.39 is 6.10 Å². The highest BCUT2D eigenvalue weighted by atomic mass is 35.5. The summed E-state index contributed by atoms with van der Waals surface area (Å²) < 4.78 is 0. The third kappa shape index (κ3) is 2.10. The molecule has 1 aliphatic rings. The topological polar surface area (TPSA) is 66.5 Å². The van der Waals surface area contributed by atoms with Crippen LogP contribution in [0.15, 0.2) is 0 Å². The molecule has 0 radical (unpaired) electrons. The predicted molar refractivity (Wildman–Crippen MR) is 36.5 cm³/mol. The normalized spacial score (nSPS) is 42.3. The Balaban J connectivity index is 0.000000640. The Bertz CT molecular complexity index is 81.0. The first kappa shape index (κ1) is 9.17. The first-order valence-corrected chi connectivity index (χ1v) is 2.82. The summed E-state index contributed by atoms with van der Waals surface area (Å²) in [6.45, 7) is 0. The van der Waals surface area contributed by atoms with Crippen molar-refractivity contribution < 1.29 is 10.2 Å². The zero-order valence-corrected chi connectivity index (χ0v) is 5.84. The Kier molecular flexibility index (Phi) is 3.43. The summed E-state index contributed by atoms with van der Waals surface area (Å²) in [5.41, 5.74) is 5.36. The second-order valence-electron chi connectivity index (χ2n) is 2.36. The summed E-state index contributed by atoms with van der Waals surface area (Å²) in [6, 6.07) is -0.204. The van der Waals surface area contributed by atoms with Crippen LogP contribution in [0, 0.1) is 0 Å². The first-order valence-electron chi connectivity index (χ1n) is 2.82. The second-order valence-corrected chi connectivity index (χ2v) is 2.36. The van der Waals surface area contributed by atoms with E-state index in [0.717, 1.165) is 0 Å². The van der Waals surface area contributed by atoms with E-state index in [0.29, 0.717) is 12.8 Å². The highest BCUT2D eigenvalue weighted by Crippen LogP contribution is 2.16. The Morgan fingerprint density at radius 2 is 1.78 bits per heavy atom. The van der Waals surface area contributed by atoms with Crippen LogP contribution in [0.5, 0.6) is 0 Å². The van der Waals surface area contributed by atoms with Crippen LogP contribution < -0.4 is 5.73 Å². The molecule has 0 amide bonds. The number of nitrogens with two attached hydrogens (primary N) is 1. The van der Waals surface area contributed by atoms with E-state index in [1.54, 1.807) is 0 Å². The lowest BCUT2D eigenvalue weighted by molar-refractivity contribution is 0.133. The van der Waals surface area contributed by atoms with Crippen LogP contribution in [-0.4, -0.2) is 28.5 Å². The van der Waals surface area contributed by atoms with Crippen molar-refractivity contribution in [1.82, 2.24) is 0 Å². The molecule has 0 bridgehead atoms. The highest BCUT2D eigenvalue weighted by molar-refractivity contribution is 5.85. The average molecular weight is 154 g/mol. The Hall–Kier alpha value is 0.170. The number of rotatable bonds is 0. The number of halogens is 1.